The lowest BCUT2D eigenvalue weighted by Gasteiger charge is -2.17. The maximum Gasteiger partial charge on any atom is 0.101 e. The molecule has 0 heterocycles. The summed E-state index contributed by atoms with van der Waals surface area (Å²) in [7, 11) is 0. The molecule has 2 unspecified atom stereocenters. The zero-order valence-corrected chi connectivity index (χ0v) is 7.86. The van der Waals surface area contributed by atoms with Crippen molar-refractivity contribution in [3.05, 3.63) is 0 Å². The van der Waals surface area contributed by atoms with Crippen molar-refractivity contribution in [2.24, 2.45) is 0 Å². The summed E-state index contributed by atoms with van der Waals surface area (Å²) in [6.07, 6.45) is 1.70. The van der Waals surface area contributed by atoms with Crippen molar-refractivity contribution in [1.29, 1.82) is 0 Å². The fraction of sp³-hybridized carbons (Fsp3) is 1.00. The fourth-order valence-electron chi connectivity index (χ4n) is 1.16. The van der Waals surface area contributed by atoms with Crippen molar-refractivity contribution in [2.75, 3.05) is 6.54 Å². The quantitative estimate of drug-likeness (QED) is 0.631. The van der Waals surface area contributed by atoms with Gasteiger partial charge in [-0.2, -0.15) is 0 Å². The van der Waals surface area contributed by atoms with Crippen LogP contribution in [0.2, 0.25) is 0 Å². The van der Waals surface area contributed by atoms with Crippen LogP contribution in [0.25, 0.3) is 0 Å². The molecule has 0 aromatic carbocycles. The lowest BCUT2D eigenvalue weighted by Crippen LogP contribution is -2.30. The number of rotatable bonds is 6. The van der Waals surface area contributed by atoms with Gasteiger partial charge in [-0.3, -0.25) is 0 Å². The zero-order chi connectivity index (χ0) is 8.69. The molecule has 0 aromatic heterocycles. The van der Waals surface area contributed by atoms with Crippen LogP contribution < -0.4 is 5.32 Å². The van der Waals surface area contributed by atoms with E-state index < -0.39 is 6.17 Å². The monoisotopic (exact) mass is 161 g/mol. The minimum absolute atomic E-state index is 0.370. The molecule has 0 aliphatic carbocycles. The maximum absolute atomic E-state index is 12.9. The SMILES string of the molecule is CCNC(CC)CC(F)CC. The van der Waals surface area contributed by atoms with Gasteiger partial charge in [0.15, 0.2) is 0 Å². The van der Waals surface area contributed by atoms with Crippen LogP contribution in [-0.4, -0.2) is 18.8 Å². The first kappa shape index (κ1) is 10.9. The van der Waals surface area contributed by atoms with E-state index in [-0.39, 0.29) is 0 Å². The highest BCUT2D eigenvalue weighted by Crippen LogP contribution is 2.08. The Morgan fingerprint density at radius 2 is 1.82 bits per heavy atom. The molecule has 0 aliphatic rings. The molecule has 0 saturated heterocycles. The third-order valence-corrected chi connectivity index (χ3v) is 1.97. The Kier molecular flexibility index (Phi) is 6.52. The van der Waals surface area contributed by atoms with Crippen molar-refractivity contribution in [2.45, 2.75) is 52.2 Å². The maximum atomic E-state index is 12.9. The molecule has 11 heavy (non-hydrogen) atoms. The van der Waals surface area contributed by atoms with Gasteiger partial charge in [0, 0.05) is 6.04 Å². The molecule has 0 fully saturated rings. The van der Waals surface area contributed by atoms with Gasteiger partial charge in [0.2, 0.25) is 0 Å². The number of hydrogen-bond donors (Lipinski definition) is 1. The molecule has 0 rings (SSSR count). The van der Waals surface area contributed by atoms with E-state index in [1.807, 2.05) is 6.92 Å². The van der Waals surface area contributed by atoms with E-state index in [0.29, 0.717) is 18.9 Å². The van der Waals surface area contributed by atoms with Crippen LogP contribution >= 0.6 is 0 Å². The molecule has 1 nitrogen and oxygen atoms in total. The molecule has 0 aromatic rings. The minimum atomic E-state index is -0.626. The van der Waals surface area contributed by atoms with Crippen molar-refractivity contribution in [3.63, 3.8) is 0 Å². The topological polar surface area (TPSA) is 12.0 Å². The Morgan fingerprint density at radius 3 is 2.18 bits per heavy atom. The molecule has 0 spiro atoms. The Balaban J connectivity index is 3.49. The Labute approximate surface area is 69.4 Å². The van der Waals surface area contributed by atoms with E-state index in [0.717, 1.165) is 13.0 Å². The highest BCUT2D eigenvalue weighted by molar-refractivity contribution is 4.68. The van der Waals surface area contributed by atoms with Crippen LogP contribution in [0.3, 0.4) is 0 Å². The molecule has 0 aliphatic heterocycles. The first-order valence-corrected chi connectivity index (χ1v) is 4.61. The van der Waals surface area contributed by atoms with Gasteiger partial charge in [-0.25, -0.2) is 4.39 Å². The van der Waals surface area contributed by atoms with Gasteiger partial charge in [0.1, 0.15) is 6.17 Å². The lowest BCUT2D eigenvalue weighted by atomic mass is 10.1. The van der Waals surface area contributed by atoms with E-state index in [2.05, 4.69) is 19.2 Å². The normalized spacial score (nSPS) is 16.4. The molecule has 0 radical (unpaired) electrons. The second-order valence-corrected chi connectivity index (χ2v) is 2.90. The van der Waals surface area contributed by atoms with Gasteiger partial charge in [0.05, 0.1) is 0 Å². The summed E-state index contributed by atoms with van der Waals surface area (Å²) < 4.78 is 12.9. The van der Waals surface area contributed by atoms with Crippen molar-refractivity contribution in [1.82, 2.24) is 5.32 Å². The van der Waals surface area contributed by atoms with Crippen molar-refractivity contribution >= 4 is 0 Å². The van der Waals surface area contributed by atoms with E-state index in [4.69, 9.17) is 0 Å². The van der Waals surface area contributed by atoms with Gasteiger partial charge < -0.3 is 5.32 Å². The third kappa shape index (κ3) is 5.19. The molecule has 2 atom stereocenters. The minimum Gasteiger partial charge on any atom is -0.314 e. The standard InChI is InChI=1S/C9H20FN/c1-4-8(10)7-9(5-2)11-6-3/h8-9,11H,4-7H2,1-3H3. The van der Waals surface area contributed by atoms with Gasteiger partial charge in [-0.15, -0.1) is 0 Å². The summed E-state index contributed by atoms with van der Waals surface area (Å²) in [5.41, 5.74) is 0. The smallest absolute Gasteiger partial charge is 0.101 e. The summed E-state index contributed by atoms with van der Waals surface area (Å²) in [5, 5.41) is 3.26. The molecule has 1 N–H and O–H groups in total. The average molecular weight is 161 g/mol. The van der Waals surface area contributed by atoms with Gasteiger partial charge in [-0.05, 0) is 25.8 Å². The lowest BCUT2D eigenvalue weighted by molar-refractivity contribution is 0.269. The predicted molar refractivity (Wildman–Crippen MR) is 47.6 cm³/mol. The summed E-state index contributed by atoms with van der Waals surface area (Å²) in [6.45, 7) is 6.98. The van der Waals surface area contributed by atoms with Gasteiger partial charge >= 0.3 is 0 Å². The zero-order valence-electron chi connectivity index (χ0n) is 7.86. The van der Waals surface area contributed by atoms with Crippen LogP contribution in [0.1, 0.15) is 40.0 Å². The van der Waals surface area contributed by atoms with Crippen LogP contribution in [0.4, 0.5) is 4.39 Å². The molecule has 0 amide bonds. The van der Waals surface area contributed by atoms with Crippen LogP contribution in [0, 0.1) is 0 Å². The first-order chi connectivity index (χ1) is 5.24. The van der Waals surface area contributed by atoms with Gasteiger partial charge in [0.25, 0.3) is 0 Å². The molecular weight excluding hydrogens is 141 g/mol. The van der Waals surface area contributed by atoms with E-state index in [1.54, 1.807) is 0 Å². The first-order valence-electron chi connectivity index (χ1n) is 4.61. The molecule has 0 bridgehead atoms. The predicted octanol–water partition coefficient (Wildman–Crippen LogP) is 2.51. The van der Waals surface area contributed by atoms with Crippen molar-refractivity contribution < 1.29 is 4.39 Å². The Morgan fingerprint density at radius 1 is 1.18 bits per heavy atom. The Hall–Kier alpha value is -0.110. The number of hydrogen-bond acceptors (Lipinski definition) is 1. The summed E-state index contributed by atoms with van der Waals surface area (Å²) in [6, 6.07) is 0.370. The van der Waals surface area contributed by atoms with Crippen molar-refractivity contribution in [3.8, 4) is 0 Å². The highest BCUT2D eigenvalue weighted by atomic mass is 19.1. The molecule has 68 valence electrons. The summed E-state index contributed by atoms with van der Waals surface area (Å²) >= 11 is 0. The van der Waals surface area contributed by atoms with Gasteiger partial charge in [-0.1, -0.05) is 20.8 Å². The average Bonchev–Trinajstić information content (AvgIpc) is 2.03. The van der Waals surface area contributed by atoms with Crippen LogP contribution in [0.5, 0.6) is 0 Å². The van der Waals surface area contributed by atoms with Crippen LogP contribution in [0.15, 0.2) is 0 Å². The fourth-order valence-corrected chi connectivity index (χ4v) is 1.16. The molecule has 2 heteroatoms. The highest BCUT2D eigenvalue weighted by Gasteiger charge is 2.10. The molecule has 0 saturated carbocycles. The second kappa shape index (κ2) is 6.59. The van der Waals surface area contributed by atoms with E-state index >= 15 is 0 Å². The summed E-state index contributed by atoms with van der Waals surface area (Å²) in [5.74, 6) is 0. The van der Waals surface area contributed by atoms with E-state index in [9.17, 15) is 4.39 Å². The van der Waals surface area contributed by atoms with E-state index in [1.165, 1.54) is 0 Å². The largest absolute Gasteiger partial charge is 0.314 e. The third-order valence-electron chi connectivity index (χ3n) is 1.97. The van der Waals surface area contributed by atoms with Crippen LogP contribution in [-0.2, 0) is 0 Å². The number of nitrogens with one attached hydrogen (secondary N) is 1. The summed E-state index contributed by atoms with van der Waals surface area (Å²) in [4.78, 5) is 0. The second-order valence-electron chi connectivity index (χ2n) is 2.90. The number of halogens is 1. The molecular formula is C9H20FN. The Bertz CT molecular complexity index is 85.6. The number of alkyl halides is 1.